The van der Waals surface area contributed by atoms with E-state index in [2.05, 4.69) is 10.3 Å². The Morgan fingerprint density at radius 2 is 2.05 bits per heavy atom. The molecule has 20 heavy (non-hydrogen) atoms. The highest BCUT2D eigenvalue weighted by molar-refractivity contribution is 7.11. The molecule has 0 aliphatic heterocycles. The van der Waals surface area contributed by atoms with Gasteiger partial charge in [-0.1, -0.05) is 0 Å². The highest BCUT2D eigenvalue weighted by atomic mass is 32.1. The molecule has 7 heteroatoms. The highest BCUT2D eigenvalue weighted by Crippen LogP contribution is 2.18. The Balaban J connectivity index is 2.16. The van der Waals surface area contributed by atoms with Crippen molar-refractivity contribution in [1.82, 2.24) is 19.4 Å². The Labute approximate surface area is 120 Å². The molecule has 0 saturated carbocycles. The standard InChI is InChI=1S/C13H18N4O2S/c1-8-6-15-12(20-8)9(2)14-7-10-5-11(18)17(4)13(19)16(10)3/h5-6,9,14H,7H2,1-4H3. The summed E-state index contributed by atoms with van der Waals surface area (Å²) < 4.78 is 2.57. The SMILES string of the molecule is Cc1cnc(C(C)NCc2cc(=O)n(C)c(=O)n2C)s1. The lowest BCUT2D eigenvalue weighted by Crippen LogP contribution is -2.39. The van der Waals surface area contributed by atoms with Crippen LogP contribution in [0.25, 0.3) is 0 Å². The summed E-state index contributed by atoms with van der Waals surface area (Å²) in [6.07, 6.45) is 1.84. The van der Waals surface area contributed by atoms with Crippen LogP contribution in [0.2, 0.25) is 0 Å². The van der Waals surface area contributed by atoms with Crippen LogP contribution in [0.4, 0.5) is 0 Å². The number of hydrogen-bond acceptors (Lipinski definition) is 5. The Bertz CT molecular complexity index is 729. The maximum atomic E-state index is 11.8. The van der Waals surface area contributed by atoms with Crippen LogP contribution in [0.5, 0.6) is 0 Å². The molecule has 0 aliphatic rings. The molecule has 108 valence electrons. The van der Waals surface area contributed by atoms with Gasteiger partial charge < -0.3 is 5.32 Å². The Morgan fingerprint density at radius 1 is 1.35 bits per heavy atom. The first-order chi connectivity index (χ1) is 9.40. The van der Waals surface area contributed by atoms with E-state index in [1.165, 1.54) is 17.7 Å². The Kier molecular flexibility index (Phi) is 4.20. The zero-order valence-corrected chi connectivity index (χ0v) is 12.8. The molecule has 0 aromatic carbocycles. The predicted molar refractivity (Wildman–Crippen MR) is 79.0 cm³/mol. The lowest BCUT2D eigenvalue weighted by atomic mass is 10.3. The topological polar surface area (TPSA) is 68.9 Å². The second-order valence-electron chi connectivity index (χ2n) is 4.79. The Hall–Kier alpha value is -1.73. The number of rotatable bonds is 4. The van der Waals surface area contributed by atoms with Gasteiger partial charge in [0.25, 0.3) is 5.56 Å². The van der Waals surface area contributed by atoms with Gasteiger partial charge >= 0.3 is 5.69 Å². The monoisotopic (exact) mass is 294 g/mol. The van der Waals surface area contributed by atoms with Gasteiger partial charge in [-0.15, -0.1) is 11.3 Å². The normalized spacial score (nSPS) is 12.6. The first-order valence-corrected chi connectivity index (χ1v) is 7.13. The van der Waals surface area contributed by atoms with Gasteiger partial charge in [-0.05, 0) is 13.8 Å². The minimum Gasteiger partial charge on any atom is -0.303 e. The van der Waals surface area contributed by atoms with Crippen molar-refractivity contribution in [3.8, 4) is 0 Å². The minimum atomic E-state index is -0.313. The molecule has 2 aromatic rings. The predicted octanol–water partition coefficient (Wildman–Crippen LogP) is 0.700. The quantitative estimate of drug-likeness (QED) is 0.901. The summed E-state index contributed by atoms with van der Waals surface area (Å²) >= 11 is 1.64. The molecule has 0 fully saturated rings. The van der Waals surface area contributed by atoms with Gasteiger partial charge in [-0.25, -0.2) is 9.78 Å². The average molecular weight is 294 g/mol. The number of aryl methyl sites for hydroxylation is 1. The lowest BCUT2D eigenvalue weighted by Gasteiger charge is -2.13. The number of nitrogens with one attached hydrogen (secondary N) is 1. The van der Waals surface area contributed by atoms with E-state index in [1.807, 2.05) is 20.0 Å². The van der Waals surface area contributed by atoms with Gasteiger partial charge in [0.15, 0.2) is 0 Å². The molecule has 0 spiro atoms. The molecule has 6 nitrogen and oxygen atoms in total. The summed E-state index contributed by atoms with van der Waals surface area (Å²) in [7, 11) is 3.14. The Morgan fingerprint density at radius 3 is 2.65 bits per heavy atom. The van der Waals surface area contributed by atoms with Crippen molar-refractivity contribution >= 4 is 11.3 Å². The van der Waals surface area contributed by atoms with E-state index in [9.17, 15) is 9.59 Å². The van der Waals surface area contributed by atoms with Crippen LogP contribution in [0.1, 0.15) is 28.5 Å². The summed E-state index contributed by atoms with van der Waals surface area (Å²) in [6.45, 7) is 4.47. The fraction of sp³-hybridized carbons (Fsp3) is 0.462. The summed E-state index contributed by atoms with van der Waals surface area (Å²) in [5, 5.41) is 4.28. The number of aromatic nitrogens is 3. The van der Waals surface area contributed by atoms with Crippen molar-refractivity contribution in [2.45, 2.75) is 26.4 Å². The summed E-state index contributed by atoms with van der Waals surface area (Å²) in [6, 6.07) is 1.56. The number of hydrogen-bond donors (Lipinski definition) is 1. The van der Waals surface area contributed by atoms with Gasteiger partial charge in [0.05, 0.1) is 6.04 Å². The van der Waals surface area contributed by atoms with Gasteiger partial charge in [0, 0.05) is 43.5 Å². The van der Waals surface area contributed by atoms with E-state index in [-0.39, 0.29) is 17.3 Å². The molecule has 2 aromatic heterocycles. The highest BCUT2D eigenvalue weighted by Gasteiger charge is 2.11. The van der Waals surface area contributed by atoms with Crippen molar-refractivity contribution in [1.29, 1.82) is 0 Å². The molecular formula is C13H18N4O2S. The molecule has 2 heterocycles. The van der Waals surface area contributed by atoms with E-state index in [1.54, 1.807) is 18.4 Å². The summed E-state index contributed by atoms with van der Waals surface area (Å²) in [5.74, 6) is 0. The van der Waals surface area contributed by atoms with Gasteiger partial charge in [0.1, 0.15) is 5.01 Å². The number of nitrogens with zero attached hydrogens (tertiary/aromatic N) is 3. The molecule has 1 atom stereocenters. The first-order valence-electron chi connectivity index (χ1n) is 6.31. The molecule has 1 unspecified atom stereocenters. The molecular weight excluding hydrogens is 276 g/mol. The van der Waals surface area contributed by atoms with Crippen LogP contribution in [0.15, 0.2) is 21.9 Å². The van der Waals surface area contributed by atoms with Crippen LogP contribution in [-0.2, 0) is 20.6 Å². The van der Waals surface area contributed by atoms with E-state index < -0.39 is 0 Å². The molecule has 0 saturated heterocycles. The van der Waals surface area contributed by atoms with E-state index in [0.717, 1.165) is 14.5 Å². The van der Waals surface area contributed by atoms with E-state index >= 15 is 0 Å². The molecule has 2 rings (SSSR count). The van der Waals surface area contributed by atoms with Crippen LogP contribution < -0.4 is 16.6 Å². The second-order valence-corrected chi connectivity index (χ2v) is 6.05. The number of thiazole rings is 1. The smallest absolute Gasteiger partial charge is 0.303 e. The maximum Gasteiger partial charge on any atom is 0.330 e. The molecule has 1 N–H and O–H groups in total. The zero-order chi connectivity index (χ0) is 14.9. The van der Waals surface area contributed by atoms with Crippen molar-refractivity contribution < 1.29 is 0 Å². The van der Waals surface area contributed by atoms with Crippen LogP contribution in [-0.4, -0.2) is 14.1 Å². The van der Waals surface area contributed by atoms with Crippen molar-refractivity contribution in [2.75, 3.05) is 0 Å². The first kappa shape index (κ1) is 14.7. The van der Waals surface area contributed by atoms with Gasteiger partial charge in [-0.2, -0.15) is 0 Å². The van der Waals surface area contributed by atoms with Crippen LogP contribution in [0, 0.1) is 6.92 Å². The molecule has 0 amide bonds. The summed E-state index contributed by atoms with van der Waals surface area (Å²) in [4.78, 5) is 28.9. The van der Waals surface area contributed by atoms with Gasteiger partial charge in [-0.3, -0.25) is 13.9 Å². The zero-order valence-electron chi connectivity index (χ0n) is 12.0. The third-order valence-electron chi connectivity index (χ3n) is 3.22. The van der Waals surface area contributed by atoms with Crippen molar-refractivity contribution in [3.63, 3.8) is 0 Å². The second kappa shape index (κ2) is 5.72. The van der Waals surface area contributed by atoms with Crippen LogP contribution >= 0.6 is 11.3 Å². The largest absolute Gasteiger partial charge is 0.330 e. The average Bonchev–Trinajstić information content (AvgIpc) is 2.85. The van der Waals surface area contributed by atoms with E-state index in [4.69, 9.17) is 0 Å². The maximum absolute atomic E-state index is 11.8. The third kappa shape index (κ3) is 2.88. The van der Waals surface area contributed by atoms with Gasteiger partial charge in [0.2, 0.25) is 0 Å². The fourth-order valence-electron chi connectivity index (χ4n) is 1.87. The van der Waals surface area contributed by atoms with Crippen molar-refractivity contribution in [3.05, 3.63) is 48.7 Å². The van der Waals surface area contributed by atoms with E-state index in [0.29, 0.717) is 12.2 Å². The minimum absolute atomic E-state index is 0.0767. The van der Waals surface area contributed by atoms with Crippen LogP contribution in [0.3, 0.4) is 0 Å². The fourth-order valence-corrected chi connectivity index (χ4v) is 2.67. The van der Waals surface area contributed by atoms with Crippen molar-refractivity contribution in [2.24, 2.45) is 14.1 Å². The molecule has 0 radical (unpaired) electrons. The molecule has 0 bridgehead atoms. The third-order valence-corrected chi connectivity index (χ3v) is 4.32. The molecule has 0 aliphatic carbocycles. The lowest BCUT2D eigenvalue weighted by molar-refractivity contribution is 0.538. The summed E-state index contributed by atoms with van der Waals surface area (Å²) in [5.41, 5.74) is 0.0629.